The van der Waals surface area contributed by atoms with E-state index in [0.717, 1.165) is 33.2 Å². The summed E-state index contributed by atoms with van der Waals surface area (Å²) >= 11 is 6.06. The molecule has 0 aliphatic heterocycles. The quantitative estimate of drug-likeness (QED) is 0.235. The van der Waals surface area contributed by atoms with E-state index in [1.165, 1.54) is 12.1 Å². The van der Waals surface area contributed by atoms with Crippen molar-refractivity contribution in [1.29, 1.82) is 0 Å². The van der Waals surface area contributed by atoms with Gasteiger partial charge < -0.3 is 18.9 Å². The van der Waals surface area contributed by atoms with Gasteiger partial charge in [0.05, 0.1) is 5.02 Å². The van der Waals surface area contributed by atoms with Gasteiger partial charge in [-0.15, -0.1) is 13.2 Å². The lowest BCUT2D eigenvalue weighted by atomic mass is 9.97. The molecule has 0 radical (unpaired) electrons. The Kier molecular flexibility index (Phi) is 7.92. The summed E-state index contributed by atoms with van der Waals surface area (Å²) in [6.45, 7) is 9.24. The molecule has 200 valence electrons. The molecule has 0 aliphatic carbocycles. The second kappa shape index (κ2) is 11.0. The van der Waals surface area contributed by atoms with E-state index in [4.69, 9.17) is 16.3 Å². The van der Waals surface area contributed by atoms with E-state index >= 15 is 0 Å². The zero-order chi connectivity index (χ0) is 27.6. The summed E-state index contributed by atoms with van der Waals surface area (Å²) in [6, 6.07) is 16.0. The van der Waals surface area contributed by atoms with Crippen LogP contribution in [0, 0.1) is 13.8 Å². The van der Waals surface area contributed by atoms with Crippen molar-refractivity contribution in [2.24, 2.45) is 0 Å². The highest BCUT2D eigenvalue weighted by Gasteiger charge is 2.32. The molecular formula is C29H28ClF3N2O3. The Morgan fingerprint density at radius 3 is 2.21 bits per heavy atom. The molecule has 3 aromatic carbocycles. The first-order chi connectivity index (χ1) is 18.0. The fourth-order valence-corrected chi connectivity index (χ4v) is 4.82. The first-order valence-corrected chi connectivity index (χ1v) is 12.6. The second-order valence-corrected chi connectivity index (χ2v) is 9.45. The van der Waals surface area contributed by atoms with E-state index in [0.29, 0.717) is 30.9 Å². The van der Waals surface area contributed by atoms with Crippen LogP contribution in [0.3, 0.4) is 0 Å². The van der Waals surface area contributed by atoms with Crippen LogP contribution in [0.2, 0.25) is 5.02 Å². The van der Waals surface area contributed by atoms with Crippen LogP contribution in [-0.4, -0.2) is 35.0 Å². The number of nitrogens with zero attached hydrogens (tertiary/aromatic N) is 2. The Labute approximate surface area is 224 Å². The van der Waals surface area contributed by atoms with Crippen LogP contribution in [0.1, 0.15) is 30.5 Å². The normalized spacial score (nSPS) is 11.6. The highest BCUT2D eigenvalue weighted by molar-refractivity contribution is 6.32. The molecule has 1 heterocycles. The summed E-state index contributed by atoms with van der Waals surface area (Å²) < 4.78 is 49.6. The molecule has 0 bridgehead atoms. The SMILES string of the molecule is CCN(CC)C(=O)Oc1ccc2c(ccn2Cc2ccc(OC(F)(F)F)c(Cl)c2)c1-c1cc(C)cc(C)c1. The summed E-state index contributed by atoms with van der Waals surface area (Å²) in [5, 5.41) is 0.751. The van der Waals surface area contributed by atoms with Crippen molar-refractivity contribution in [3.05, 3.63) is 82.5 Å². The molecule has 5 nitrogen and oxygen atoms in total. The third-order valence-electron chi connectivity index (χ3n) is 6.22. The number of alkyl halides is 3. The van der Waals surface area contributed by atoms with Crippen LogP contribution < -0.4 is 9.47 Å². The predicted octanol–water partition coefficient (Wildman–Crippen LogP) is 8.37. The van der Waals surface area contributed by atoms with Crippen LogP contribution in [0.5, 0.6) is 11.5 Å². The van der Waals surface area contributed by atoms with Crippen molar-refractivity contribution in [2.45, 2.75) is 40.6 Å². The number of halogens is 4. The monoisotopic (exact) mass is 544 g/mol. The Hall–Kier alpha value is -3.65. The standard InChI is InChI=1S/C29H28ClF3N2O3/c1-5-34(6-2)28(36)37-26-10-8-24-22(27(26)21-14-18(3)13-19(4)15-21)11-12-35(24)17-20-7-9-25(23(30)16-20)38-29(31,32)33/h7-16H,5-6,17H2,1-4H3. The number of rotatable bonds is 7. The molecule has 9 heteroatoms. The van der Waals surface area contributed by atoms with Gasteiger partial charge in [-0.2, -0.15) is 0 Å². The van der Waals surface area contributed by atoms with E-state index in [1.807, 2.05) is 62.7 Å². The minimum Gasteiger partial charge on any atom is -0.410 e. The molecule has 0 saturated heterocycles. The van der Waals surface area contributed by atoms with Crippen molar-refractivity contribution < 1.29 is 27.4 Å². The highest BCUT2D eigenvalue weighted by atomic mass is 35.5. The maximum absolute atomic E-state index is 12.8. The van der Waals surface area contributed by atoms with E-state index in [1.54, 1.807) is 17.0 Å². The topological polar surface area (TPSA) is 43.7 Å². The van der Waals surface area contributed by atoms with Gasteiger partial charge in [-0.3, -0.25) is 0 Å². The molecule has 0 fully saturated rings. The van der Waals surface area contributed by atoms with E-state index < -0.39 is 18.2 Å². The van der Waals surface area contributed by atoms with Crippen molar-refractivity contribution in [3.8, 4) is 22.6 Å². The average molecular weight is 545 g/mol. The molecule has 0 atom stereocenters. The average Bonchev–Trinajstić information content (AvgIpc) is 3.22. The first-order valence-electron chi connectivity index (χ1n) is 12.2. The summed E-state index contributed by atoms with van der Waals surface area (Å²) in [7, 11) is 0. The van der Waals surface area contributed by atoms with Crippen molar-refractivity contribution >= 4 is 28.6 Å². The van der Waals surface area contributed by atoms with Gasteiger partial charge in [0.25, 0.3) is 0 Å². The Morgan fingerprint density at radius 1 is 0.947 bits per heavy atom. The van der Waals surface area contributed by atoms with Gasteiger partial charge in [0.15, 0.2) is 0 Å². The van der Waals surface area contributed by atoms with Gasteiger partial charge in [0.2, 0.25) is 0 Å². The Bertz CT molecular complexity index is 1460. The van der Waals surface area contributed by atoms with Gasteiger partial charge in [-0.1, -0.05) is 47.0 Å². The summed E-state index contributed by atoms with van der Waals surface area (Å²) in [6.07, 6.45) is -3.35. The maximum Gasteiger partial charge on any atom is 0.573 e. The lowest BCUT2D eigenvalue weighted by molar-refractivity contribution is -0.274. The molecule has 0 aliphatic rings. The molecule has 0 spiro atoms. The molecule has 4 aromatic rings. The van der Waals surface area contributed by atoms with Crippen molar-refractivity contribution in [2.75, 3.05) is 13.1 Å². The smallest absolute Gasteiger partial charge is 0.410 e. The zero-order valence-corrected chi connectivity index (χ0v) is 22.3. The Morgan fingerprint density at radius 2 is 1.61 bits per heavy atom. The van der Waals surface area contributed by atoms with Crippen molar-refractivity contribution in [1.82, 2.24) is 9.47 Å². The molecule has 1 aromatic heterocycles. The number of hydrogen-bond donors (Lipinski definition) is 0. The largest absolute Gasteiger partial charge is 0.573 e. The molecule has 38 heavy (non-hydrogen) atoms. The van der Waals surface area contributed by atoms with Gasteiger partial charge >= 0.3 is 12.5 Å². The minimum atomic E-state index is -4.82. The number of amides is 1. The van der Waals surface area contributed by atoms with Gasteiger partial charge in [0, 0.05) is 42.3 Å². The fraction of sp³-hybridized carbons (Fsp3) is 0.276. The lowest BCUT2D eigenvalue weighted by Crippen LogP contribution is -2.33. The fourth-order valence-electron chi connectivity index (χ4n) is 4.58. The van der Waals surface area contributed by atoms with Crippen molar-refractivity contribution in [3.63, 3.8) is 0 Å². The van der Waals surface area contributed by atoms with Crippen LogP contribution in [0.25, 0.3) is 22.0 Å². The third-order valence-corrected chi connectivity index (χ3v) is 6.51. The third kappa shape index (κ3) is 6.07. The molecule has 1 amide bonds. The van der Waals surface area contributed by atoms with Crippen LogP contribution in [-0.2, 0) is 6.54 Å². The van der Waals surface area contributed by atoms with Crippen LogP contribution >= 0.6 is 11.6 Å². The number of fused-ring (bicyclic) bond motifs is 1. The summed E-state index contributed by atoms with van der Waals surface area (Å²) in [5.74, 6) is 0.00545. The van der Waals surface area contributed by atoms with Gasteiger partial charge in [-0.25, -0.2) is 4.79 Å². The highest BCUT2D eigenvalue weighted by Crippen LogP contribution is 2.39. The molecular weight excluding hydrogens is 517 g/mol. The number of ether oxygens (including phenoxy) is 2. The molecule has 0 N–H and O–H groups in total. The van der Waals surface area contributed by atoms with Crippen LogP contribution in [0.4, 0.5) is 18.0 Å². The number of aryl methyl sites for hydroxylation is 2. The zero-order valence-electron chi connectivity index (χ0n) is 21.5. The summed E-state index contributed by atoms with van der Waals surface area (Å²) in [4.78, 5) is 14.4. The first kappa shape index (κ1) is 27.4. The minimum absolute atomic E-state index is 0.127. The Balaban J connectivity index is 1.77. The molecule has 0 unspecified atom stereocenters. The number of carbonyl (C=O) groups excluding carboxylic acids is 1. The lowest BCUT2D eigenvalue weighted by Gasteiger charge is -2.20. The van der Waals surface area contributed by atoms with Gasteiger partial charge in [-0.05, 0) is 69.2 Å². The van der Waals surface area contributed by atoms with E-state index in [9.17, 15) is 18.0 Å². The predicted molar refractivity (Wildman–Crippen MR) is 143 cm³/mol. The summed E-state index contributed by atoms with van der Waals surface area (Å²) in [5.41, 5.74) is 5.44. The van der Waals surface area contributed by atoms with Gasteiger partial charge in [0.1, 0.15) is 11.5 Å². The number of benzene rings is 3. The number of hydrogen-bond acceptors (Lipinski definition) is 3. The number of aromatic nitrogens is 1. The van der Waals surface area contributed by atoms with E-state index in [-0.39, 0.29) is 5.02 Å². The molecule has 0 saturated carbocycles. The second-order valence-electron chi connectivity index (χ2n) is 9.04. The molecule has 4 rings (SSSR count). The number of carbonyl (C=O) groups is 1. The van der Waals surface area contributed by atoms with E-state index in [2.05, 4.69) is 10.8 Å². The van der Waals surface area contributed by atoms with Crippen LogP contribution in [0.15, 0.2) is 60.8 Å². The maximum atomic E-state index is 12.8.